The Morgan fingerprint density at radius 2 is 2.05 bits per heavy atom. The molecule has 0 aliphatic heterocycles. The normalized spacial score (nSPS) is 10.8. The lowest BCUT2D eigenvalue weighted by Crippen LogP contribution is -2.08. The van der Waals surface area contributed by atoms with E-state index in [-0.39, 0.29) is 6.61 Å². The third-order valence-corrected chi connectivity index (χ3v) is 3.15. The number of rotatable bonds is 4. The Labute approximate surface area is 122 Å². The van der Waals surface area contributed by atoms with Crippen LogP contribution in [0.15, 0.2) is 46.9 Å². The van der Waals surface area contributed by atoms with Crippen LogP contribution in [0.1, 0.15) is 5.89 Å². The van der Waals surface area contributed by atoms with Crippen LogP contribution in [-0.4, -0.2) is 19.1 Å². The Balaban J connectivity index is 1.75. The smallest absolute Gasteiger partial charge is 0.233 e. The highest BCUT2D eigenvalue weighted by atomic mass is 16.5. The minimum absolute atomic E-state index is 0.283. The highest BCUT2D eigenvalue weighted by molar-refractivity contribution is 5.76. The van der Waals surface area contributed by atoms with Crippen LogP contribution in [0.4, 0.5) is 11.4 Å². The zero-order chi connectivity index (χ0) is 14.8. The van der Waals surface area contributed by atoms with Crippen LogP contribution in [0.3, 0.4) is 0 Å². The second kappa shape index (κ2) is 5.36. The summed E-state index contributed by atoms with van der Waals surface area (Å²) in [6.45, 7) is 0.283. The molecule has 0 unspecified atom stereocenters. The van der Waals surface area contributed by atoms with Crippen LogP contribution in [0.25, 0.3) is 11.1 Å². The van der Waals surface area contributed by atoms with Gasteiger partial charge >= 0.3 is 0 Å². The van der Waals surface area contributed by atoms with Gasteiger partial charge in [0.25, 0.3) is 0 Å². The molecule has 0 bridgehead atoms. The molecule has 5 heteroatoms. The van der Waals surface area contributed by atoms with Gasteiger partial charge in [-0.25, -0.2) is 4.98 Å². The van der Waals surface area contributed by atoms with Crippen LogP contribution >= 0.6 is 0 Å². The number of nitrogens with two attached hydrogens (primary N) is 1. The Morgan fingerprint density at radius 1 is 1.19 bits per heavy atom. The van der Waals surface area contributed by atoms with E-state index in [2.05, 4.69) is 4.98 Å². The first-order valence-corrected chi connectivity index (χ1v) is 6.67. The predicted octanol–water partition coefficient (Wildman–Crippen LogP) is 3.06. The molecule has 0 aliphatic carbocycles. The van der Waals surface area contributed by atoms with E-state index in [1.54, 1.807) is 12.1 Å². The Bertz CT molecular complexity index is 765. The molecule has 5 nitrogen and oxygen atoms in total. The van der Waals surface area contributed by atoms with Gasteiger partial charge in [0, 0.05) is 31.5 Å². The number of fused-ring (bicyclic) bond motifs is 1. The summed E-state index contributed by atoms with van der Waals surface area (Å²) in [6, 6.07) is 13.3. The van der Waals surface area contributed by atoms with Crippen molar-refractivity contribution in [3.8, 4) is 5.75 Å². The van der Waals surface area contributed by atoms with E-state index < -0.39 is 0 Å². The quantitative estimate of drug-likeness (QED) is 0.745. The van der Waals surface area contributed by atoms with Gasteiger partial charge in [0.2, 0.25) is 5.89 Å². The van der Waals surface area contributed by atoms with Crippen molar-refractivity contribution in [1.82, 2.24) is 4.98 Å². The monoisotopic (exact) mass is 283 g/mol. The summed E-state index contributed by atoms with van der Waals surface area (Å²) in [4.78, 5) is 6.39. The van der Waals surface area contributed by atoms with E-state index in [0.717, 1.165) is 17.0 Å². The van der Waals surface area contributed by atoms with Gasteiger partial charge in [-0.1, -0.05) is 6.07 Å². The summed E-state index contributed by atoms with van der Waals surface area (Å²) in [6.07, 6.45) is 0. The van der Waals surface area contributed by atoms with Crippen molar-refractivity contribution in [2.45, 2.75) is 6.61 Å². The Kier molecular flexibility index (Phi) is 3.39. The maximum Gasteiger partial charge on any atom is 0.233 e. The lowest BCUT2D eigenvalue weighted by Gasteiger charge is -2.13. The van der Waals surface area contributed by atoms with Crippen LogP contribution in [0.2, 0.25) is 0 Å². The van der Waals surface area contributed by atoms with Gasteiger partial charge in [-0.3, -0.25) is 0 Å². The van der Waals surface area contributed by atoms with Gasteiger partial charge in [0.15, 0.2) is 12.2 Å². The maximum atomic E-state index is 5.73. The highest BCUT2D eigenvalue weighted by Gasteiger charge is 2.07. The number of benzene rings is 2. The van der Waals surface area contributed by atoms with E-state index >= 15 is 0 Å². The minimum Gasteiger partial charge on any atom is -0.484 e. The first-order valence-electron chi connectivity index (χ1n) is 6.67. The number of hydrogen-bond acceptors (Lipinski definition) is 5. The third kappa shape index (κ3) is 2.91. The zero-order valence-corrected chi connectivity index (χ0v) is 12.0. The second-order valence-corrected chi connectivity index (χ2v) is 5.02. The first-order chi connectivity index (χ1) is 10.1. The van der Waals surface area contributed by atoms with Crippen LogP contribution in [-0.2, 0) is 6.61 Å². The number of oxazole rings is 1. The molecule has 2 N–H and O–H groups in total. The molecular weight excluding hydrogens is 266 g/mol. The van der Waals surface area contributed by atoms with Gasteiger partial charge in [-0.05, 0) is 30.3 Å². The molecule has 3 rings (SSSR count). The largest absolute Gasteiger partial charge is 0.484 e. The number of aromatic nitrogens is 1. The summed E-state index contributed by atoms with van der Waals surface area (Å²) in [5, 5.41) is 0. The Hall–Kier alpha value is -2.69. The highest BCUT2D eigenvalue weighted by Crippen LogP contribution is 2.22. The predicted molar refractivity (Wildman–Crippen MR) is 83.5 cm³/mol. The summed E-state index contributed by atoms with van der Waals surface area (Å²) >= 11 is 0. The molecule has 1 heterocycles. The summed E-state index contributed by atoms with van der Waals surface area (Å²) < 4.78 is 11.3. The molecule has 0 fully saturated rings. The Morgan fingerprint density at radius 3 is 2.86 bits per heavy atom. The standard InChI is InChI=1S/C16H17N3O2/c1-19(2)12-4-3-5-13(9-12)20-10-16-18-14-8-11(17)6-7-15(14)21-16/h3-9H,10,17H2,1-2H3. The molecule has 21 heavy (non-hydrogen) atoms. The molecule has 0 spiro atoms. The van der Waals surface area contributed by atoms with Crippen LogP contribution in [0, 0.1) is 0 Å². The molecule has 0 saturated heterocycles. The van der Waals surface area contributed by atoms with Crippen molar-refractivity contribution in [2.75, 3.05) is 24.7 Å². The molecule has 1 aromatic heterocycles. The molecule has 0 aliphatic rings. The van der Waals surface area contributed by atoms with Crippen LogP contribution < -0.4 is 15.4 Å². The first kappa shape index (κ1) is 13.3. The fourth-order valence-electron chi connectivity index (χ4n) is 2.05. The molecule has 0 saturated carbocycles. The van der Waals surface area contributed by atoms with Gasteiger partial charge < -0.3 is 19.8 Å². The fourth-order valence-corrected chi connectivity index (χ4v) is 2.05. The van der Waals surface area contributed by atoms with Crippen molar-refractivity contribution < 1.29 is 9.15 Å². The van der Waals surface area contributed by atoms with Crippen molar-refractivity contribution in [1.29, 1.82) is 0 Å². The molecular formula is C16H17N3O2. The average molecular weight is 283 g/mol. The summed E-state index contributed by atoms with van der Waals surface area (Å²) in [5.41, 5.74) is 8.93. The zero-order valence-electron chi connectivity index (χ0n) is 12.0. The van der Waals surface area contributed by atoms with E-state index in [4.69, 9.17) is 14.9 Å². The van der Waals surface area contributed by atoms with Crippen molar-refractivity contribution >= 4 is 22.5 Å². The topological polar surface area (TPSA) is 64.5 Å². The molecule has 2 aromatic carbocycles. The number of hydrogen-bond donors (Lipinski definition) is 1. The lowest BCUT2D eigenvalue weighted by molar-refractivity contribution is 0.267. The molecule has 108 valence electrons. The van der Waals surface area contributed by atoms with Crippen molar-refractivity contribution in [3.63, 3.8) is 0 Å². The average Bonchev–Trinajstić information content (AvgIpc) is 2.87. The third-order valence-electron chi connectivity index (χ3n) is 3.15. The summed E-state index contributed by atoms with van der Waals surface area (Å²) in [7, 11) is 3.98. The SMILES string of the molecule is CN(C)c1cccc(OCc2nc3cc(N)ccc3o2)c1. The molecule has 3 aromatic rings. The van der Waals surface area contributed by atoms with Gasteiger partial charge in [-0.15, -0.1) is 0 Å². The molecule has 0 radical (unpaired) electrons. The maximum absolute atomic E-state index is 5.73. The van der Waals surface area contributed by atoms with Crippen molar-refractivity contribution in [2.24, 2.45) is 0 Å². The molecule has 0 atom stereocenters. The number of ether oxygens (including phenoxy) is 1. The lowest BCUT2D eigenvalue weighted by atomic mass is 10.3. The number of nitrogens with zero attached hydrogens (tertiary/aromatic N) is 2. The van der Waals surface area contributed by atoms with Gasteiger partial charge in [0.05, 0.1) is 0 Å². The number of nitrogen functional groups attached to an aromatic ring is 1. The van der Waals surface area contributed by atoms with Gasteiger partial charge in [0.1, 0.15) is 11.3 Å². The molecule has 0 amide bonds. The second-order valence-electron chi connectivity index (χ2n) is 5.02. The van der Waals surface area contributed by atoms with Crippen LogP contribution in [0.5, 0.6) is 5.75 Å². The summed E-state index contributed by atoms with van der Waals surface area (Å²) in [5.74, 6) is 1.31. The minimum atomic E-state index is 0.283. The number of anilines is 2. The van der Waals surface area contributed by atoms with E-state index in [0.29, 0.717) is 17.2 Å². The van der Waals surface area contributed by atoms with E-state index in [1.165, 1.54) is 0 Å². The van der Waals surface area contributed by atoms with E-state index in [9.17, 15) is 0 Å². The fraction of sp³-hybridized carbons (Fsp3) is 0.188. The van der Waals surface area contributed by atoms with Gasteiger partial charge in [-0.2, -0.15) is 0 Å². The van der Waals surface area contributed by atoms with E-state index in [1.807, 2.05) is 49.3 Å². The van der Waals surface area contributed by atoms with Crippen molar-refractivity contribution in [3.05, 3.63) is 48.4 Å².